The zero-order valence-electron chi connectivity index (χ0n) is 16.5. The number of pyridine rings is 1. The highest BCUT2D eigenvalue weighted by Crippen LogP contribution is 2.28. The molecule has 27 heavy (non-hydrogen) atoms. The molecule has 2 rings (SSSR count). The zero-order valence-corrected chi connectivity index (χ0v) is 17.3. The average Bonchev–Trinajstić information content (AvgIpc) is 2.55. The molecule has 1 atom stereocenters. The Morgan fingerprint density at radius 1 is 1.11 bits per heavy atom. The Balaban J connectivity index is 2.17. The Hall–Kier alpha value is -2.40. The van der Waals surface area contributed by atoms with Gasteiger partial charge in [0, 0.05) is 11.4 Å². The summed E-state index contributed by atoms with van der Waals surface area (Å²) in [5.74, 6) is -0.812. The lowest BCUT2D eigenvalue weighted by molar-refractivity contribution is -0.123. The van der Waals surface area contributed by atoms with E-state index in [1.165, 1.54) is 6.92 Å². The number of ether oxygens (including phenoxy) is 1. The molecule has 2 aromatic rings. The molecule has 0 aliphatic carbocycles. The standard InChI is InChI=1S/C21H25ClN2O3/c1-11(2)16-9-7-8-12(3)18(16)24-20(25)15(6)27-21(26)17-13(4)10-14(5)23-19(17)22/h7-11,15H,1-6H3,(H,24,25)/t15-/m1/s1. The van der Waals surface area contributed by atoms with Crippen molar-refractivity contribution in [2.75, 3.05) is 5.32 Å². The molecule has 0 aliphatic heterocycles. The monoisotopic (exact) mass is 388 g/mol. The summed E-state index contributed by atoms with van der Waals surface area (Å²) in [6, 6.07) is 7.61. The van der Waals surface area contributed by atoms with Crippen LogP contribution in [0, 0.1) is 20.8 Å². The Morgan fingerprint density at radius 3 is 2.37 bits per heavy atom. The molecular formula is C21H25ClN2O3. The maximum absolute atomic E-state index is 12.6. The van der Waals surface area contributed by atoms with Crippen molar-refractivity contribution in [3.8, 4) is 0 Å². The van der Waals surface area contributed by atoms with Gasteiger partial charge in [-0.25, -0.2) is 9.78 Å². The van der Waals surface area contributed by atoms with Crippen LogP contribution >= 0.6 is 11.6 Å². The maximum Gasteiger partial charge on any atom is 0.342 e. The van der Waals surface area contributed by atoms with E-state index < -0.39 is 18.0 Å². The molecular weight excluding hydrogens is 364 g/mol. The number of hydrogen-bond acceptors (Lipinski definition) is 4. The van der Waals surface area contributed by atoms with E-state index in [2.05, 4.69) is 24.1 Å². The molecule has 0 saturated carbocycles. The van der Waals surface area contributed by atoms with Crippen molar-refractivity contribution in [2.24, 2.45) is 0 Å². The van der Waals surface area contributed by atoms with Gasteiger partial charge in [-0.2, -0.15) is 0 Å². The number of carbonyl (C=O) groups excluding carboxylic acids is 2. The van der Waals surface area contributed by atoms with Crippen molar-refractivity contribution < 1.29 is 14.3 Å². The molecule has 1 amide bonds. The Kier molecular flexibility index (Phi) is 6.60. The second-order valence-electron chi connectivity index (χ2n) is 6.98. The number of nitrogens with one attached hydrogen (secondary N) is 1. The van der Waals surface area contributed by atoms with Gasteiger partial charge in [-0.15, -0.1) is 0 Å². The van der Waals surface area contributed by atoms with Crippen LogP contribution in [0.1, 0.15) is 59.4 Å². The minimum Gasteiger partial charge on any atom is -0.449 e. The summed E-state index contributed by atoms with van der Waals surface area (Å²) in [6.45, 7) is 11.1. The minimum absolute atomic E-state index is 0.0751. The third-order valence-electron chi connectivity index (χ3n) is 4.33. The molecule has 0 saturated heterocycles. The first-order valence-electron chi connectivity index (χ1n) is 8.87. The molecule has 0 bridgehead atoms. The van der Waals surface area contributed by atoms with E-state index in [1.807, 2.05) is 25.1 Å². The molecule has 1 N–H and O–H groups in total. The van der Waals surface area contributed by atoms with Crippen LogP contribution in [-0.2, 0) is 9.53 Å². The number of anilines is 1. The van der Waals surface area contributed by atoms with E-state index in [1.54, 1.807) is 19.9 Å². The minimum atomic E-state index is -0.978. The smallest absolute Gasteiger partial charge is 0.342 e. The Bertz CT molecular complexity index is 855. The van der Waals surface area contributed by atoms with Crippen LogP contribution in [0.5, 0.6) is 0 Å². The van der Waals surface area contributed by atoms with Crippen LogP contribution in [0.4, 0.5) is 5.69 Å². The molecule has 6 heteroatoms. The third-order valence-corrected chi connectivity index (χ3v) is 4.61. The topological polar surface area (TPSA) is 68.3 Å². The van der Waals surface area contributed by atoms with Crippen molar-refractivity contribution in [1.82, 2.24) is 4.98 Å². The van der Waals surface area contributed by atoms with E-state index in [0.29, 0.717) is 11.3 Å². The summed E-state index contributed by atoms with van der Waals surface area (Å²) in [5.41, 5.74) is 4.29. The van der Waals surface area contributed by atoms with Crippen LogP contribution in [0.25, 0.3) is 0 Å². The maximum atomic E-state index is 12.6. The number of aryl methyl sites for hydroxylation is 3. The van der Waals surface area contributed by atoms with E-state index in [0.717, 1.165) is 16.8 Å². The van der Waals surface area contributed by atoms with Gasteiger partial charge in [0.1, 0.15) is 5.15 Å². The van der Waals surface area contributed by atoms with Crippen molar-refractivity contribution in [3.05, 3.63) is 57.4 Å². The zero-order chi connectivity index (χ0) is 20.3. The van der Waals surface area contributed by atoms with Gasteiger partial charge in [-0.1, -0.05) is 43.6 Å². The van der Waals surface area contributed by atoms with Gasteiger partial charge in [0.25, 0.3) is 5.91 Å². The average molecular weight is 389 g/mol. The highest BCUT2D eigenvalue weighted by molar-refractivity contribution is 6.32. The second kappa shape index (κ2) is 8.53. The molecule has 144 valence electrons. The number of aromatic nitrogens is 1. The lowest BCUT2D eigenvalue weighted by Crippen LogP contribution is -2.31. The van der Waals surface area contributed by atoms with Crippen LogP contribution in [0.2, 0.25) is 5.15 Å². The summed E-state index contributed by atoms with van der Waals surface area (Å²) in [7, 11) is 0. The number of benzene rings is 1. The third kappa shape index (κ3) is 4.86. The lowest BCUT2D eigenvalue weighted by Gasteiger charge is -2.19. The summed E-state index contributed by atoms with van der Waals surface area (Å²) < 4.78 is 5.34. The predicted octanol–water partition coefficient (Wildman–Crippen LogP) is 4.97. The first kappa shape index (κ1) is 20.9. The molecule has 0 spiro atoms. The quantitative estimate of drug-likeness (QED) is 0.580. The molecule has 5 nitrogen and oxygen atoms in total. The highest BCUT2D eigenvalue weighted by Gasteiger charge is 2.24. The molecule has 0 aliphatic rings. The number of amides is 1. The van der Waals surface area contributed by atoms with Crippen molar-refractivity contribution >= 4 is 29.2 Å². The number of para-hydroxylation sites is 1. The second-order valence-corrected chi connectivity index (χ2v) is 7.33. The Morgan fingerprint density at radius 2 is 1.78 bits per heavy atom. The van der Waals surface area contributed by atoms with Gasteiger partial charge >= 0.3 is 5.97 Å². The van der Waals surface area contributed by atoms with Crippen LogP contribution < -0.4 is 5.32 Å². The van der Waals surface area contributed by atoms with Crippen molar-refractivity contribution in [2.45, 2.75) is 53.6 Å². The first-order valence-corrected chi connectivity index (χ1v) is 9.24. The number of halogens is 1. The van der Waals surface area contributed by atoms with Gasteiger partial charge < -0.3 is 10.1 Å². The summed E-state index contributed by atoms with van der Waals surface area (Å²) in [5, 5.41) is 2.97. The number of esters is 1. The number of hydrogen-bond donors (Lipinski definition) is 1. The molecule has 1 heterocycles. The summed E-state index contributed by atoms with van der Waals surface area (Å²) >= 11 is 6.09. The number of rotatable bonds is 5. The normalized spacial score (nSPS) is 12.0. The Labute approximate surface area is 165 Å². The molecule has 0 unspecified atom stereocenters. The summed E-state index contributed by atoms with van der Waals surface area (Å²) in [4.78, 5) is 29.2. The fourth-order valence-electron chi connectivity index (χ4n) is 2.88. The fraction of sp³-hybridized carbons (Fsp3) is 0.381. The van der Waals surface area contributed by atoms with Crippen LogP contribution in [0.3, 0.4) is 0 Å². The predicted molar refractivity (Wildman–Crippen MR) is 107 cm³/mol. The van der Waals surface area contributed by atoms with E-state index >= 15 is 0 Å². The van der Waals surface area contributed by atoms with Crippen molar-refractivity contribution in [3.63, 3.8) is 0 Å². The summed E-state index contributed by atoms with van der Waals surface area (Å²) in [6.07, 6.45) is -0.978. The lowest BCUT2D eigenvalue weighted by atomic mass is 9.98. The van der Waals surface area contributed by atoms with Crippen molar-refractivity contribution in [1.29, 1.82) is 0 Å². The number of nitrogens with zero attached hydrogens (tertiary/aromatic N) is 1. The fourth-order valence-corrected chi connectivity index (χ4v) is 3.24. The van der Waals surface area contributed by atoms with E-state index in [-0.39, 0.29) is 16.6 Å². The van der Waals surface area contributed by atoms with E-state index in [9.17, 15) is 9.59 Å². The van der Waals surface area contributed by atoms with Crippen LogP contribution in [-0.4, -0.2) is 23.0 Å². The van der Waals surface area contributed by atoms with Gasteiger partial charge in [0.2, 0.25) is 0 Å². The van der Waals surface area contributed by atoms with E-state index in [4.69, 9.17) is 16.3 Å². The highest BCUT2D eigenvalue weighted by atomic mass is 35.5. The molecule has 0 fully saturated rings. The first-order chi connectivity index (χ1) is 12.6. The van der Waals surface area contributed by atoms with Gasteiger partial charge in [-0.3, -0.25) is 4.79 Å². The van der Waals surface area contributed by atoms with Gasteiger partial charge in [0.05, 0.1) is 5.56 Å². The number of carbonyl (C=O) groups is 2. The van der Waals surface area contributed by atoms with Gasteiger partial charge in [-0.05, 0) is 56.4 Å². The molecule has 1 aromatic carbocycles. The molecule has 0 radical (unpaired) electrons. The SMILES string of the molecule is Cc1cc(C)c(C(=O)O[C@H](C)C(=O)Nc2c(C)cccc2C(C)C)c(Cl)n1. The largest absolute Gasteiger partial charge is 0.449 e. The molecule has 1 aromatic heterocycles. The van der Waals surface area contributed by atoms with Gasteiger partial charge in [0.15, 0.2) is 6.10 Å². The van der Waals surface area contributed by atoms with Crippen LogP contribution in [0.15, 0.2) is 24.3 Å².